The van der Waals surface area contributed by atoms with Crippen molar-refractivity contribution in [3.63, 3.8) is 0 Å². The van der Waals surface area contributed by atoms with Crippen LogP contribution in [0.15, 0.2) is 12.2 Å². The molecule has 0 spiro atoms. The lowest BCUT2D eigenvalue weighted by Gasteiger charge is -2.33. The number of rotatable bonds is 6. The quantitative estimate of drug-likeness (QED) is 0.387. The van der Waals surface area contributed by atoms with Crippen molar-refractivity contribution in [1.82, 2.24) is 0 Å². The Morgan fingerprint density at radius 3 is 2.56 bits per heavy atom. The molecule has 0 saturated carbocycles. The molecule has 1 aliphatic carbocycles. The Labute approximate surface area is 115 Å². The molecule has 2 unspecified atom stereocenters. The monoisotopic (exact) mass is 304 g/mol. The molecule has 0 heterocycles. The van der Waals surface area contributed by atoms with Gasteiger partial charge in [0.1, 0.15) is 0 Å². The van der Waals surface area contributed by atoms with Crippen LogP contribution in [0.25, 0.3) is 0 Å². The minimum absolute atomic E-state index is 0.120. The molecule has 0 aromatic heterocycles. The predicted octanol–water partition coefficient (Wildman–Crippen LogP) is 5.23. The van der Waals surface area contributed by atoms with Gasteiger partial charge in [-0.25, -0.2) is 0 Å². The Morgan fingerprint density at radius 1 is 1.38 bits per heavy atom. The van der Waals surface area contributed by atoms with E-state index in [-0.39, 0.29) is 4.75 Å². The van der Waals surface area contributed by atoms with Crippen molar-refractivity contribution in [1.29, 1.82) is 0 Å². The van der Waals surface area contributed by atoms with Crippen LogP contribution in [0.5, 0.6) is 0 Å². The normalized spacial score (nSPS) is 24.7. The highest BCUT2D eigenvalue weighted by Crippen LogP contribution is 2.38. The van der Waals surface area contributed by atoms with Crippen molar-refractivity contribution in [2.45, 2.75) is 57.6 Å². The molecule has 0 aliphatic heterocycles. The largest absolute Gasteiger partial charge is 0.172 e. The summed E-state index contributed by atoms with van der Waals surface area (Å²) in [4.78, 5) is 0. The molecular weight excluding hydrogens is 280 g/mol. The molecule has 94 valence electrons. The zero-order valence-corrected chi connectivity index (χ0v) is 13.3. The summed E-state index contributed by atoms with van der Waals surface area (Å²) in [6, 6.07) is 0. The Morgan fingerprint density at radius 2 is 2.06 bits per heavy atom. The van der Waals surface area contributed by atoms with Crippen LogP contribution in [0, 0.1) is 11.3 Å². The zero-order valence-electron chi connectivity index (χ0n) is 10.8. The van der Waals surface area contributed by atoms with Gasteiger partial charge in [-0.2, -0.15) is 12.6 Å². The highest BCUT2D eigenvalue weighted by molar-refractivity contribution is 9.09. The van der Waals surface area contributed by atoms with Crippen molar-refractivity contribution >= 4 is 28.6 Å². The van der Waals surface area contributed by atoms with Gasteiger partial charge < -0.3 is 0 Å². The third-order valence-corrected chi connectivity index (χ3v) is 5.44. The van der Waals surface area contributed by atoms with E-state index in [2.05, 4.69) is 48.9 Å². The summed E-state index contributed by atoms with van der Waals surface area (Å²) >= 11 is 8.28. The SMILES string of the molecule is CC(C)(CCC1C=CCC1)CC(C)(S)CBr. The highest BCUT2D eigenvalue weighted by atomic mass is 79.9. The van der Waals surface area contributed by atoms with E-state index < -0.39 is 0 Å². The maximum Gasteiger partial charge on any atom is 0.0203 e. The first-order valence-corrected chi connectivity index (χ1v) is 7.87. The molecule has 0 N–H and O–H groups in total. The second-order valence-electron chi connectivity index (χ2n) is 6.28. The third kappa shape index (κ3) is 5.27. The standard InChI is InChI=1S/C14H25BrS/c1-13(2,10-14(3,16)11-15)9-8-12-6-4-5-7-12/h4,6,12,16H,5,7-11H2,1-3H3. The Bertz CT molecular complexity index is 243. The minimum Gasteiger partial charge on any atom is -0.172 e. The lowest BCUT2D eigenvalue weighted by atomic mass is 9.78. The van der Waals surface area contributed by atoms with Gasteiger partial charge in [-0.05, 0) is 50.4 Å². The Hall–Kier alpha value is 0.570. The van der Waals surface area contributed by atoms with E-state index in [0.29, 0.717) is 5.41 Å². The molecule has 0 amide bonds. The van der Waals surface area contributed by atoms with Gasteiger partial charge in [-0.3, -0.25) is 0 Å². The zero-order chi connectivity index (χ0) is 12.2. The highest BCUT2D eigenvalue weighted by Gasteiger charge is 2.29. The van der Waals surface area contributed by atoms with Crippen molar-refractivity contribution in [3.05, 3.63) is 12.2 Å². The third-order valence-electron chi connectivity index (χ3n) is 3.45. The van der Waals surface area contributed by atoms with Gasteiger partial charge in [0.15, 0.2) is 0 Å². The van der Waals surface area contributed by atoms with E-state index in [4.69, 9.17) is 12.6 Å². The van der Waals surface area contributed by atoms with Crippen LogP contribution in [0.4, 0.5) is 0 Å². The fraction of sp³-hybridized carbons (Fsp3) is 0.857. The van der Waals surface area contributed by atoms with E-state index in [0.717, 1.165) is 11.2 Å². The molecular formula is C14H25BrS. The molecule has 2 heteroatoms. The maximum absolute atomic E-state index is 4.72. The Kier molecular flexibility index (Phi) is 5.44. The van der Waals surface area contributed by atoms with Crippen LogP contribution >= 0.6 is 28.6 Å². The van der Waals surface area contributed by atoms with Crippen LogP contribution in [-0.2, 0) is 0 Å². The molecule has 0 aromatic rings. The topological polar surface area (TPSA) is 0 Å². The molecule has 0 radical (unpaired) electrons. The van der Waals surface area contributed by atoms with Crippen LogP contribution in [0.3, 0.4) is 0 Å². The molecule has 0 bridgehead atoms. The molecule has 1 rings (SSSR count). The predicted molar refractivity (Wildman–Crippen MR) is 80.7 cm³/mol. The number of hydrogen-bond donors (Lipinski definition) is 1. The second-order valence-corrected chi connectivity index (χ2v) is 7.92. The first-order valence-electron chi connectivity index (χ1n) is 6.30. The molecule has 2 atom stereocenters. The molecule has 0 aromatic carbocycles. The number of allylic oxidation sites excluding steroid dienone is 2. The van der Waals surface area contributed by atoms with Crippen molar-refractivity contribution < 1.29 is 0 Å². The molecule has 1 aliphatic rings. The number of thiol groups is 1. The summed E-state index contributed by atoms with van der Waals surface area (Å²) in [6.07, 6.45) is 11.2. The first-order chi connectivity index (χ1) is 7.35. The summed E-state index contributed by atoms with van der Waals surface area (Å²) in [5.41, 5.74) is 0.403. The summed E-state index contributed by atoms with van der Waals surface area (Å²) in [5.74, 6) is 0.842. The number of alkyl halides is 1. The van der Waals surface area contributed by atoms with Crippen LogP contribution in [-0.4, -0.2) is 10.1 Å². The van der Waals surface area contributed by atoms with Gasteiger partial charge in [0, 0.05) is 10.1 Å². The summed E-state index contributed by atoms with van der Waals surface area (Å²) in [6.45, 7) is 6.98. The van der Waals surface area contributed by atoms with Gasteiger partial charge in [0.2, 0.25) is 0 Å². The Balaban J connectivity index is 2.35. The van der Waals surface area contributed by atoms with Crippen molar-refractivity contribution in [3.8, 4) is 0 Å². The van der Waals surface area contributed by atoms with Gasteiger partial charge in [0.05, 0.1) is 0 Å². The van der Waals surface area contributed by atoms with E-state index >= 15 is 0 Å². The van der Waals surface area contributed by atoms with Gasteiger partial charge in [-0.1, -0.05) is 41.9 Å². The van der Waals surface area contributed by atoms with E-state index in [1.165, 1.54) is 32.1 Å². The van der Waals surface area contributed by atoms with Crippen LogP contribution in [0.1, 0.15) is 52.9 Å². The summed E-state index contributed by atoms with van der Waals surface area (Å²) in [7, 11) is 0. The summed E-state index contributed by atoms with van der Waals surface area (Å²) in [5, 5.41) is 0.968. The van der Waals surface area contributed by atoms with Crippen molar-refractivity contribution in [2.75, 3.05) is 5.33 Å². The van der Waals surface area contributed by atoms with Crippen molar-refractivity contribution in [2.24, 2.45) is 11.3 Å². The fourth-order valence-electron chi connectivity index (χ4n) is 2.68. The van der Waals surface area contributed by atoms with Crippen LogP contribution in [0.2, 0.25) is 0 Å². The first kappa shape index (κ1) is 14.6. The van der Waals surface area contributed by atoms with Gasteiger partial charge in [-0.15, -0.1) is 0 Å². The van der Waals surface area contributed by atoms with Gasteiger partial charge in [0.25, 0.3) is 0 Å². The van der Waals surface area contributed by atoms with Crippen LogP contribution < -0.4 is 0 Å². The maximum atomic E-state index is 4.72. The average Bonchev–Trinajstić information content (AvgIpc) is 2.66. The average molecular weight is 305 g/mol. The fourth-order valence-corrected chi connectivity index (χ4v) is 3.30. The summed E-state index contributed by atoms with van der Waals surface area (Å²) < 4.78 is 0.120. The second kappa shape index (κ2) is 5.95. The molecule has 0 fully saturated rings. The van der Waals surface area contributed by atoms with Gasteiger partial charge >= 0.3 is 0 Å². The lowest BCUT2D eigenvalue weighted by Crippen LogP contribution is -2.28. The van der Waals surface area contributed by atoms with E-state index in [9.17, 15) is 0 Å². The number of halogens is 1. The molecule has 0 nitrogen and oxygen atoms in total. The van der Waals surface area contributed by atoms with E-state index in [1.54, 1.807) is 0 Å². The van der Waals surface area contributed by atoms with E-state index in [1.807, 2.05) is 0 Å². The molecule has 16 heavy (non-hydrogen) atoms. The lowest BCUT2D eigenvalue weighted by molar-refractivity contribution is 0.263. The number of hydrogen-bond acceptors (Lipinski definition) is 1. The smallest absolute Gasteiger partial charge is 0.0203 e. The minimum atomic E-state index is 0.120. The molecule has 0 saturated heterocycles.